The third kappa shape index (κ3) is 2.47. The average Bonchev–Trinajstić information content (AvgIpc) is 2.15. The Kier molecular flexibility index (Phi) is 3.93. The van der Waals surface area contributed by atoms with E-state index in [1.807, 2.05) is 0 Å². The van der Waals surface area contributed by atoms with Crippen LogP contribution in [-0.2, 0) is 4.79 Å². The second-order valence-corrected chi connectivity index (χ2v) is 3.95. The molecule has 0 heterocycles. The zero-order valence-electron chi connectivity index (χ0n) is 7.58. The lowest BCUT2D eigenvalue weighted by molar-refractivity contribution is -0.113. The molecule has 0 aliphatic rings. The van der Waals surface area contributed by atoms with Gasteiger partial charge in [-0.2, -0.15) is 0 Å². The highest BCUT2D eigenvalue weighted by molar-refractivity contribution is 6.35. The van der Waals surface area contributed by atoms with Gasteiger partial charge in [0.25, 0.3) is 0 Å². The first-order valence-corrected chi connectivity index (χ1v) is 4.90. The van der Waals surface area contributed by atoms with Gasteiger partial charge in [-0.05, 0) is 17.7 Å². The quantitative estimate of drug-likeness (QED) is 0.815. The summed E-state index contributed by atoms with van der Waals surface area (Å²) in [5.41, 5.74) is 0.524. The number of rotatable bonds is 3. The van der Waals surface area contributed by atoms with Crippen LogP contribution < -0.4 is 0 Å². The SMILES string of the molecule is CC(C=O)C(O)c1ccc(Cl)cc1Cl. The van der Waals surface area contributed by atoms with E-state index in [0.29, 0.717) is 21.9 Å². The van der Waals surface area contributed by atoms with Crippen LogP contribution in [0.3, 0.4) is 0 Å². The van der Waals surface area contributed by atoms with Crippen molar-refractivity contribution in [2.24, 2.45) is 5.92 Å². The van der Waals surface area contributed by atoms with Crippen molar-refractivity contribution in [3.8, 4) is 0 Å². The summed E-state index contributed by atoms with van der Waals surface area (Å²) in [4.78, 5) is 10.5. The molecule has 4 heteroatoms. The van der Waals surface area contributed by atoms with E-state index >= 15 is 0 Å². The predicted molar refractivity (Wildman–Crippen MR) is 56.6 cm³/mol. The molecule has 2 atom stereocenters. The van der Waals surface area contributed by atoms with Crippen LogP contribution in [-0.4, -0.2) is 11.4 Å². The molecule has 0 spiro atoms. The van der Waals surface area contributed by atoms with Crippen molar-refractivity contribution in [1.29, 1.82) is 0 Å². The molecule has 0 aliphatic heterocycles. The molecule has 0 aromatic heterocycles. The van der Waals surface area contributed by atoms with Crippen LogP contribution in [0.1, 0.15) is 18.6 Å². The summed E-state index contributed by atoms with van der Waals surface area (Å²) in [6.45, 7) is 1.63. The van der Waals surface area contributed by atoms with Gasteiger partial charge in [-0.15, -0.1) is 0 Å². The zero-order chi connectivity index (χ0) is 10.7. The van der Waals surface area contributed by atoms with Crippen LogP contribution in [0.2, 0.25) is 10.0 Å². The van der Waals surface area contributed by atoms with E-state index in [9.17, 15) is 9.90 Å². The van der Waals surface area contributed by atoms with Crippen molar-refractivity contribution in [3.63, 3.8) is 0 Å². The summed E-state index contributed by atoms with van der Waals surface area (Å²) in [5, 5.41) is 10.6. The van der Waals surface area contributed by atoms with Gasteiger partial charge >= 0.3 is 0 Å². The zero-order valence-corrected chi connectivity index (χ0v) is 9.09. The number of benzene rings is 1. The van der Waals surface area contributed by atoms with Gasteiger partial charge in [0.1, 0.15) is 6.29 Å². The predicted octanol–water partition coefficient (Wildman–Crippen LogP) is 2.86. The van der Waals surface area contributed by atoms with Crippen LogP contribution in [0.15, 0.2) is 18.2 Å². The number of carbonyl (C=O) groups is 1. The number of hydrogen-bond acceptors (Lipinski definition) is 2. The first-order chi connectivity index (χ1) is 6.56. The minimum atomic E-state index is -0.878. The lowest BCUT2D eigenvalue weighted by atomic mass is 9.99. The number of aliphatic hydroxyl groups excluding tert-OH is 1. The van der Waals surface area contributed by atoms with Crippen molar-refractivity contribution in [3.05, 3.63) is 33.8 Å². The van der Waals surface area contributed by atoms with Crippen molar-refractivity contribution in [2.75, 3.05) is 0 Å². The molecule has 0 amide bonds. The second-order valence-electron chi connectivity index (χ2n) is 3.11. The van der Waals surface area contributed by atoms with Gasteiger partial charge in [-0.1, -0.05) is 36.2 Å². The van der Waals surface area contributed by atoms with Gasteiger partial charge in [0.2, 0.25) is 0 Å². The molecular weight excluding hydrogens is 223 g/mol. The molecule has 0 fully saturated rings. The maximum atomic E-state index is 10.5. The Hall–Kier alpha value is -0.570. The Balaban J connectivity index is 3.01. The molecule has 2 nitrogen and oxygen atoms in total. The molecule has 0 saturated heterocycles. The number of hydrogen-bond donors (Lipinski definition) is 1. The molecule has 14 heavy (non-hydrogen) atoms. The van der Waals surface area contributed by atoms with E-state index in [-0.39, 0.29) is 0 Å². The third-order valence-electron chi connectivity index (χ3n) is 1.99. The molecule has 1 N–H and O–H groups in total. The Morgan fingerprint density at radius 2 is 2.07 bits per heavy atom. The molecular formula is C10H10Cl2O2. The molecule has 1 aromatic rings. The molecule has 1 rings (SSSR count). The lowest BCUT2D eigenvalue weighted by Crippen LogP contribution is -2.10. The second kappa shape index (κ2) is 4.78. The van der Waals surface area contributed by atoms with Crippen LogP contribution in [0.4, 0.5) is 0 Å². The minimum Gasteiger partial charge on any atom is -0.388 e. The van der Waals surface area contributed by atoms with Crippen molar-refractivity contribution >= 4 is 29.5 Å². The third-order valence-corrected chi connectivity index (χ3v) is 2.56. The smallest absolute Gasteiger partial charge is 0.125 e. The van der Waals surface area contributed by atoms with Crippen molar-refractivity contribution < 1.29 is 9.90 Å². The van der Waals surface area contributed by atoms with E-state index in [2.05, 4.69) is 0 Å². The first-order valence-electron chi connectivity index (χ1n) is 4.14. The van der Waals surface area contributed by atoms with E-state index in [0.717, 1.165) is 0 Å². The molecule has 1 aromatic carbocycles. The van der Waals surface area contributed by atoms with E-state index in [1.54, 1.807) is 25.1 Å². The molecule has 0 bridgehead atoms. The Labute approximate surface area is 92.5 Å². The number of halogens is 2. The standard InChI is InChI=1S/C10H10Cl2O2/c1-6(5-13)10(14)8-3-2-7(11)4-9(8)12/h2-6,10,14H,1H3. The van der Waals surface area contributed by atoms with Crippen molar-refractivity contribution in [2.45, 2.75) is 13.0 Å². The maximum Gasteiger partial charge on any atom is 0.125 e. The first kappa shape index (κ1) is 11.5. The molecule has 0 saturated carbocycles. The normalized spacial score (nSPS) is 14.9. The highest BCUT2D eigenvalue weighted by Gasteiger charge is 2.18. The van der Waals surface area contributed by atoms with Gasteiger partial charge in [0, 0.05) is 16.0 Å². The Morgan fingerprint density at radius 3 is 2.57 bits per heavy atom. The van der Waals surface area contributed by atoms with Gasteiger partial charge in [-0.3, -0.25) is 0 Å². The van der Waals surface area contributed by atoms with Gasteiger partial charge in [0.05, 0.1) is 6.10 Å². The van der Waals surface area contributed by atoms with Crippen LogP contribution in [0, 0.1) is 5.92 Å². The number of carbonyl (C=O) groups excluding carboxylic acids is 1. The summed E-state index contributed by atoms with van der Waals surface area (Å²) >= 11 is 11.6. The van der Waals surface area contributed by atoms with E-state index < -0.39 is 12.0 Å². The summed E-state index contributed by atoms with van der Waals surface area (Å²) in [6, 6.07) is 4.79. The summed E-state index contributed by atoms with van der Waals surface area (Å²) in [5.74, 6) is -0.478. The van der Waals surface area contributed by atoms with E-state index in [4.69, 9.17) is 23.2 Å². The lowest BCUT2D eigenvalue weighted by Gasteiger charge is -2.15. The maximum absolute atomic E-state index is 10.5. The molecule has 2 unspecified atom stereocenters. The monoisotopic (exact) mass is 232 g/mol. The molecule has 76 valence electrons. The number of aldehydes is 1. The minimum absolute atomic E-state index is 0.374. The van der Waals surface area contributed by atoms with Crippen LogP contribution in [0.25, 0.3) is 0 Å². The highest BCUT2D eigenvalue weighted by Crippen LogP contribution is 2.29. The summed E-state index contributed by atoms with van der Waals surface area (Å²) in [7, 11) is 0. The fourth-order valence-corrected chi connectivity index (χ4v) is 1.62. The van der Waals surface area contributed by atoms with Gasteiger partial charge < -0.3 is 9.90 Å². The number of aliphatic hydroxyl groups is 1. The van der Waals surface area contributed by atoms with Gasteiger partial charge in [-0.25, -0.2) is 0 Å². The van der Waals surface area contributed by atoms with Crippen LogP contribution in [0.5, 0.6) is 0 Å². The Morgan fingerprint density at radius 1 is 1.43 bits per heavy atom. The fraction of sp³-hybridized carbons (Fsp3) is 0.300. The fourth-order valence-electron chi connectivity index (χ4n) is 1.10. The largest absolute Gasteiger partial charge is 0.388 e. The highest BCUT2D eigenvalue weighted by atomic mass is 35.5. The summed E-state index contributed by atoms with van der Waals surface area (Å²) < 4.78 is 0. The van der Waals surface area contributed by atoms with E-state index in [1.165, 1.54) is 0 Å². The summed E-state index contributed by atoms with van der Waals surface area (Å²) in [6.07, 6.45) is -0.187. The Bertz CT molecular complexity index is 339. The molecule has 0 aliphatic carbocycles. The van der Waals surface area contributed by atoms with Crippen molar-refractivity contribution in [1.82, 2.24) is 0 Å². The average molecular weight is 233 g/mol. The molecule has 0 radical (unpaired) electrons. The topological polar surface area (TPSA) is 37.3 Å². The van der Waals surface area contributed by atoms with Gasteiger partial charge in [0.15, 0.2) is 0 Å². The van der Waals surface area contributed by atoms with Crippen LogP contribution >= 0.6 is 23.2 Å².